The molecule has 0 heterocycles. The number of nitrogens with one attached hydrogen (secondary N) is 2. The molecule has 1 saturated carbocycles. The minimum atomic E-state index is -1.07. The number of rotatable bonds is 6. The van der Waals surface area contributed by atoms with Crippen molar-refractivity contribution in [1.82, 2.24) is 15.5 Å². The van der Waals surface area contributed by atoms with Crippen LogP contribution >= 0.6 is 0 Å². The number of carboxylic acids is 1. The highest BCUT2D eigenvalue weighted by Gasteiger charge is 2.28. The van der Waals surface area contributed by atoms with Crippen molar-refractivity contribution in [2.75, 3.05) is 13.1 Å². The summed E-state index contributed by atoms with van der Waals surface area (Å²) in [4.78, 5) is 35.4. The maximum absolute atomic E-state index is 12.0. The molecule has 3 N–H and O–H groups in total. The van der Waals surface area contributed by atoms with Gasteiger partial charge in [-0.1, -0.05) is 0 Å². The zero-order valence-corrected chi connectivity index (χ0v) is 12.2. The van der Waals surface area contributed by atoms with E-state index in [1.165, 1.54) is 4.90 Å². The van der Waals surface area contributed by atoms with E-state index in [0.717, 1.165) is 12.8 Å². The summed E-state index contributed by atoms with van der Waals surface area (Å²) >= 11 is 0. The summed E-state index contributed by atoms with van der Waals surface area (Å²) in [6.45, 7) is 5.10. The molecule has 114 valence electrons. The normalized spacial score (nSPS) is 14.6. The SMILES string of the molecule is CC(C)(C)N(CC(=O)O)C(=O)NCCC(=O)NC1CC1. The van der Waals surface area contributed by atoms with Crippen molar-refractivity contribution in [2.45, 2.75) is 51.6 Å². The molecule has 1 rings (SSSR count). The van der Waals surface area contributed by atoms with Gasteiger partial charge in [-0.05, 0) is 33.6 Å². The van der Waals surface area contributed by atoms with Crippen LogP contribution in [0, 0.1) is 0 Å². The third kappa shape index (κ3) is 5.90. The first kappa shape index (κ1) is 16.3. The zero-order valence-electron chi connectivity index (χ0n) is 12.2. The Hall–Kier alpha value is -1.79. The van der Waals surface area contributed by atoms with E-state index in [9.17, 15) is 14.4 Å². The van der Waals surface area contributed by atoms with Crippen LogP contribution in [0.2, 0.25) is 0 Å². The molecule has 0 aromatic rings. The van der Waals surface area contributed by atoms with Crippen molar-refractivity contribution < 1.29 is 19.5 Å². The maximum atomic E-state index is 12.0. The first-order valence-electron chi connectivity index (χ1n) is 6.77. The second-order valence-corrected chi connectivity index (χ2v) is 5.97. The Morgan fingerprint density at radius 1 is 1.25 bits per heavy atom. The number of carbonyl (C=O) groups is 3. The van der Waals surface area contributed by atoms with Gasteiger partial charge in [0.1, 0.15) is 6.54 Å². The number of carboxylic acid groups (broad SMARTS) is 1. The fourth-order valence-electron chi connectivity index (χ4n) is 1.65. The predicted octanol–water partition coefficient (Wildman–Crippen LogP) is 0.550. The quantitative estimate of drug-likeness (QED) is 0.663. The molecule has 1 aliphatic rings. The van der Waals surface area contributed by atoms with E-state index in [4.69, 9.17) is 5.11 Å². The highest BCUT2D eigenvalue weighted by Crippen LogP contribution is 2.18. The molecule has 0 unspecified atom stereocenters. The van der Waals surface area contributed by atoms with Gasteiger partial charge in [0.25, 0.3) is 0 Å². The van der Waals surface area contributed by atoms with E-state index in [1.807, 2.05) is 0 Å². The Kier molecular flexibility index (Phi) is 5.35. The minimum Gasteiger partial charge on any atom is -0.480 e. The summed E-state index contributed by atoms with van der Waals surface area (Å²) in [6.07, 6.45) is 2.25. The van der Waals surface area contributed by atoms with Crippen molar-refractivity contribution in [3.8, 4) is 0 Å². The van der Waals surface area contributed by atoms with Crippen LogP contribution in [-0.4, -0.2) is 52.6 Å². The molecule has 0 saturated heterocycles. The van der Waals surface area contributed by atoms with Crippen LogP contribution in [0.25, 0.3) is 0 Å². The molecule has 1 aliphatic carbocycles. The summed E-state index contributed by atoms with van der Waals surface area (Å²) in [7, 11) is 0. The minimum absolute atomic E-state index is 0.0895. The van der Waals surface area contributed by atoms with Crippen molar-refractivity contribution in [1.29, 1.82) is 0 Å². The fraction of sp³-hybridized carbons (Fsp3) is 0.769. The fourth-order valence-corrected chi connectivity index (χ4v) is 1.65. The highest BCUT2D eigenvalue weighted by atomic mass is 16.4. The largest absolute Gasteiger partial charge is 0.480 e. The van der Waals surface area contributed by atoms with Gasteiger partial charge >= 0.3 is 12.0 Å². The lowest BCUT2D eigenvalue weighted by atomic mass is 10.1. The van der Waals surface area contributed by atoms with Crippen molar-refractivity contribution >= 4 is 17.9 Å². The average Bonchev–Trinajstić information content (AvgIpc) is 3.07. The molecule has 1 fully saturated rings. The van der Waals surface area contributed by atoms with Crippen LogP contribution in [0.4, 0.5) is 4.79 Å². The summed E-state index contributed by atoms with van der Waals surface area (Å²) in [5.41, 5.74) is -0.598. The molecule has 0 aromatic carbocycles. The molecule has 0 spiro atoms. The van der Waals surface area contributed by atoms with E-state index in [-0.39, 0.29) is 25.4 Å². The number of hydrogen-bond acceptors (Lipinski definition) is 3. The summed E-state index contributed by atoms with van der Waals surface area (Å²) < 4.78 is 0. The van der Waals surface area contributed by atoms with Crippen LogP contribution < -0.4 is 10.6 Å². The van der Waals surface area contributed by atoms with Crippen molar-refractivity contribution in [2.24, 2.45) is 0 Å². The molecule has 20 heavy (non-hydrogen) atoms. The number of hydrogen-bond donors (Lipinski definition) is 3. The van der Waals surface area contributed by atoms with Crippen LogP contribution in [0.15, 0.2) is 0 Å². The monoisotopic (exact) mass is 285 g/mol. The summed E-state index contributed by atoms with van der Waals surface area (Å²) in [5.74, 6) is -1.16. The van der Waals surface area contributed by atoms with Gasteiger partial charge in [0.15, 0.2) is 0 Å². The third-order valence-corrected chi connectivity index (χ3v) is 2.92. The van der Waals surface area contributed by atoms with Gasteiger partial charge < -0.3 is 20.6 Å². The van der Waals surface area contributed by atoms with Gasteiger partial charge in [-0.25, -0.2) is 4.79 Å². The second-order valence-electron chi connectivity index (χ2n) is 5.97. The number of carbonyl (C=O) groups excluding carboxylic acids is 2. The second kappa shape index (κ2) is 6.58. The van der Waals surface area contributed by atoms with Crippen molar-refractivity contribution in [3.05, 3.63) is 0 Å². The average molecular weight is 285 g/mol. The molecular weight excluding hydrogens is 262 g/mol. The zero-order chi connectivity index (χ0) is 15.3. The van der Waals surface area contributed by atoms with Gasteiger partial charge in [0.05, 0.1) is 0 Å². The summed E-state index contributed by atoms with van der Waals surface area (Å²) in [5, 5.41) is 14.2. The number of amides is 3. The Bertz CT molecular complexity index is 386. The van der Waals surface area contributed by atoms with Crippen LogP contribution in [0.3, 0.4) is 0 Å². The number of nitrogens with zero attached hydrogens (tertiary/aromatic N) is 1. The third-order valence-electron chi connectivity index (χ3n) is 2.92. The standard InChI is InChI=1S/C13H23N3O4/c1-13(2,3)16(8-11(18)19)12(20)14-7-6-10(17)15-9-4-5-9/h9H,4-8H2,1-3H3,(H,14,20)(H,15,17)(H,18,19). The van der Waals surface area contributed by atoms with Crippen LogP contribution in [0.1, 0.15) is 40.0 Å². The van der Waals surface area contributed by atoms with Gasteiger partial charge in [0, 0.05) is 24.5 Å². The first-order chi connectivity index (χ1) is 9.20. The lowest BCUT2D eigenvalue weighted by molar-refractivity contribution is -0.138. The van der Waals surface area contributed by atoms with E-state index in [2.05, 4.69) is 10.6 Å². The van der Waals surface area contributed by atoms with Gasteiger partial charge in [0.2, 0.25) is 5.91 Å². The smallest absolute Gasteiger partial charge is 0.323 e. The molecule has 0 atom stereocenters. The van der Waals surface area contributed by atoms with E-state index in [0.29, 0.717) is 6.04 Å². The molecule has 3 amide bonds. The van der Waals surface area contributed by atoms with Crippen molar-refractivity contribution in [3.63, 3.8) is 0 Å². The topological polar surface area (TPSA) is 98.7 Å². The lowest BCUT2D eigenvalue weighted by Gasteiger charge is -2.34. The lowest BCUT2D eigenvalue weighted by Crippen LogP contribution is -2.52. The van der Waals surface area contributed by atoms with E-state index < -0.39 is 17.5 Å². The molecule has 7 nitrogen and oxygen atoms in total. The molecular formula is C13H23N3O4. The van der Waals surface area contributed by atoms with E-state index >= 15 is 0 Å². The van der Waals surface area contributed by atoms with Gasteiger partial charge in [-0.2, -0.15) is 0 Å². The van der Waals surface area contributed by atoms with Gasteiger partial charge in [-0.15, -0.1) is 0 Å². The first-order valence-corrected chi connectivity index (χ1v) is 6.77. The van der Waals surface area contributed by atoms with E-state index in [1.54, 1.807) is 20.8 Å². The number of urea groups is 1. The Labute approximate surface area is 118 Å². The van der Waals surface area contributed by atoms with Crippen LogP contribution in [0.5, 0.6) is 0 Å². The van der Waals surface area contributed by atoms with Crippen LogP contribution in [-0.2, 0) is 9.59 Å². The molecule has 7 heteroatoms. The molecule has 0 aromatic heterocycles. The Morgan fingerprint density at radius 2 is 1.85 bits per heavy atom. The maximum Gasteiger partial charge on any atom is 0.323 e. The predicted molar refractivity (Wildman–Crippen MR) is 73.3 cm³/mol. The molecule has 0 bridgehead atoms. The van der Waals surface area contributed by atoms with Gasteiger partial charge in [-0.3, -0.25) is 9.59 Å². The summed E-state index contributed by atoms with van der Waals surface area (Å²) in [6, 6.07) is -0.171. The molecule has 0 radical (unpaired) electrons. The Balaban J connectivity index is 2.37. The highest BCUT2D eigenvalue weighted by molar-refractivity contribution is 5.81. The Morgan fingerprint density at radius 3 is 2.30 bits per heavy atom. The number of aliphatic carboxylic acids is 1. The molecule has 0 aliphatic heterocycles.